The van der Waals surface area contributed by atoms with Crippen LogP contribution in [-0.2, 0) is 6.42 Å². The van der Waals surface area contributed by atoms with E-state index < -0.39 is 5.97 Å². The summed E-state index contributed by atoms with van der Waals surface area (Å²) in [5.41, 5.74) is 2.72. The second-order valence-electron chi connectivity index (χ2n) is 4.66. The first-order valence-corrected chi connectivity index (χ1v) is 6.55. The highest BCUT2D eigenvalue weighted by Gasteiger charge is 2.21. The number of rotatable bonds is 3. The Labute approximate surface area is 116 Å². The molecule has 0 radical (unpaired) electrons. The molecule has 0 atom stereocenters. The first-order chi connectivity index (χ1) is 9.70. The van der Waals surface area contributed by atoms with Crippen molar-refractivity contribution in [1.29, 1.82) is 0 Å². The van der Waals surface area contributed by atoms with Gasteiger partial charge in [-0.1, -0.05) is 43.3 Å². The first kappa shape index (κ1) is 12.5. The van der Waals surface area contributed by atoms with Crippen LogP contribution in [0.2, 0.25) is 0 Å². The maximum absolute atomic E-state index is 11.6. The number of fused-ring (bicyclic) bond motifs is 1. The van der Waals surface area contributed by atoms with E-state index in [0.717, 1.165) is 17.5 Å². The van der Waals surface area contributed by atoms with Gasteiger partial charge in [0.05, 0.1) is 0 Å². The smallest absolute Gasteiger partial charge is 0.340 e. The van der Waals surface area contributed by atoms with Crippen LogP contribution in [0, 0.1) is 0 Å². The zero-order chi connectivity index (χ0) is 14.1. The van der Waals surface area contributed by atoms with Gasteiger partial charge in [0.1, 0.15) is 16.9 Å². The SMILES string of the molecule is CCc1ccc2oc(-c3ccccc3)c(C(=O)O)c2c1. The third kappa shape index (κ3) is 1.97. The van der Waals surface area contributed by atoms with Crippen LogP contribution < -0.4 is 0 Å². The van der Waals surface area contributed by atoms with Crippen LogP contribution in [0.25, 0.3) is 22.3 Å². The predicted molar refractivity (Wildman–Crippen MR) is 78.0 cm³/mol. The standard InChI is InChI=1S/C17H14O3/c1-2-11-8-9-14-13(10-11)15(17(18)19)16(20-14)12-6-4-3-5-7-12/h3-10H,2H2,1H3,(H,18,19). The summed E-state index contributed by atoms with van der Waals surface area (Å²) in [6.45, 7) is 2.04. The lowest BCUT2D eigenvalue weighted by atomic mass is 10.0. The molecule has 0 saturated heterocycles. The van der Waals surface area contributed by atoms with E-state index in [4.69, 9.17) is 4.42 Å². The summed E-state index contributed by atoms with van der Waals surface area (Å²) in [6, 6.07) is 15.0. The highest BCUT2D eigenvalue weighted by Crippen LogP contribution is 2.34. The fourth-order valence-electron chi connectivity index (χ4n) is 2.37. The summed E-state index contributed by atoms with van der Waals surface area (Å²) in [7, 11) is 0. The maximum Gasteiger partial charge on any atom is 0.340 e. The summed E-state index contributed by atoms with van der Waals surface area (Å²) in [4.78, 5) is 11.6. The Morgan fingerprint density at radius 1 is 1.15 bits per heavy atom. The largest absolute Gasteiger partial charge is 0.478 e. The van der Waals surface area contributed by atoms with Gasteiger partial charge >= 0.3 is 5.97 Å². The molecule has 3 nitrogen and oxygen atoms in total. The van der Waals surface area contributed by atoms with E-state index in [0.29, 0.717) is 16.7 Å². The van der Waals surface area contributed by atoms with E-state index in [1.54, 1.807) is 0 Å². The number of aryl methyl sites for hydroxylation is 1. The number of carbonyl (C=O) groups is 1. The molecule has 1 heterocycles. The van der Waals surface area contributed by atoms with Crippen molar-refractivity contribution in [2.45, 2.75) is 13.3 Å². The quantitative estimate of drug-likeness (QED) is 0.766. The Balaban J connectivity index is 2.32. The van der Waals surface area contributed by atoms with Gasteiger partial charge in [-0.2, -0.15) is 0 Å². The predicted octanol–water partition coefficient (Wildman–Crippen LogP) is 4.36. The number of hydrogen-bond acceptors (Lipinski definition) is 2. The molecule has 2 aromatic carbocycles. The molecule has 0 amide bonds. The number of hydrogen-bond donors (Lipinski definition) is 1. The Morgan fingerprint density at radius 3 is 2.55 bits per heavy atom. The molecule has 20 heavy (non-hydrogen) atoms. The normalized spacial score (nSPS) is 10.8. The second-order valence-corrected chi connectivity index (χ2v) is 4.66. The van der Waals surface area contributed by atoms with Gasteiger partial charge in [0, 0.05) is 10.9 Å². The molecule has 0 saturated carbocycles. The summed E-state index contributed by atoms with van der Waals surface area (Å²) < 4.78 is 5.77. The molecule has 100 valence electrons. The number of benzene rings is 2. The van der Waals surface area contributed by atoms with Crippen LogP contribution >= 0.6 is 0 Å². The third-order valence-corrected chi connectivity index (χ3v) is 3.41. The molecule has 1 N–H and O–H groups in total. The monoisotopic (exact) mass is 266 g/mol. The minimum absolute atomic E-state index is 0.238. The Bertz CT molecular complexity index is 770. The summed E-state index contributed by atoms with van der Waals surface area (Å²) in [5.74, 6) is -0.544. The molecule has 1 aromatic heterocycles. The van der Waals surface area contributed by atoms with Crippen LogP contribution in [0.4, 0.5) is 0 Å². The Hall–Kier alpha value is -2.55. The maximum atomic E-state index is 11.6. The van der Waals surface area contributed by atoms with E-state index >= 15 is 0 Å². The molecule has 0 spiro atoms. The average molecular weight is 266 g/mol. The van der Waals surface area contributed by atoms with Crippen molar-refractivity contribution in [2.75, 3.05) is 0 Å². The summed E-state index contributed by atoms with van der Waals surface area (Å²) >= 11 is 0. The van der Waals surface area contributed by atoms with Gasteiger partial charge in [-0.15, -0.1) is 0 Å². The zero-order valence-electron chi connectivity index (χ0n) is 11.1. The van der Waals surface area contributed by atoms with E-state index in [1.807, 2.05) is 55.5 Å². The summed E-state index contributed by atoms with van der Waals surface area (Å²) in [6.07, 6.45) is 0.862. The third-order valence-electron chi connectivity index (χ3n) is 3.41. The highest BCUT2D eigenvalue weighted by atomic mass is 16.4. The zero-order valence-corrected chi connectivity index (χ0v) is 11.1. The minimum Gasteiger partial charge on any atom is -0.478 e. The first-order valence-electron chi connectivity index (χ1n) is 6.55. The number of aromatic carboxylic acids is 1. The van der Waals surface area contributed by atoms with E-state index in [1.165, 1.54) is 0 Å². The van der Waals surface area contributed by atoms with Gasteiger partial charge in [0.25, 0.3) is 0 Å². The molecule has 3 rings (SSSR count). The molecule has 0 aliphatic carbocycles. The number of carboxylic acids is 1. The Morgan fingerprint density at radius 2 is 1.90 bits per heavy atom. The van der Waals surface area contributed by atoms with Crippen LogP contribution in [-0.4, -0.2) is 11.1 Å². The van der Waals surface area contributed by atoms with Gasteiger partial charge < -0.3 is 9.52 Å². The topological polar surface area (TPSA) is 50.4 Å². The van der Waals surface area contributed by atoms with Crippen molar-refractivity contribution in [3.05, 3.63) is 59.7 Å². The van der Waals surface area contributed by atoms with Crippen molar-refractivity contribution in [3.63, 3.8) is 0 Å². The lowest BCUT2D eigenvalue weighted by molar-refractivity contribution is 0.0699. The van der Waals surface area contributed by atoms with E-state index in [2.05, 4.69) is 0 Å². The lowest BCUT2D eigenvalue weighted by Gasteiger charge is -1.98. The number of furan rings is 1. The van der Waals surface area contributed by atoms with Crippen molar-refractivity contribution in [2.24, 2.45) is 0 Å². The highest BCUT2D eigenvalue weighted by molar-refractivity contribution is 6.08. The molecular formula is C17H14O3. The van der Waals surface area contributed by atoms with Crippen LogP contribution in [0.15, 0.2) is 52.9 Å². The van der Waals surface area contributed by atoms with Crippen LogP contribution in [0.1, 0.15) is 22.8 Å². The molecule has 3 aromatic rings. The van der Waals surface area contributed by atoms with Crippen molar-refractivity contribution >= 4 is 16.9 Å². The second kappa shape index (κ2) is 4.85. The van der Waals surface area contributed by atoms with Crippen molar-refractivity contribution in [1.82, 2.24) is 0 Å². The van der Waals surface area contributed by atoms with Gasteiger partial charge in [0.15, 0.2) is 0 Å². The fourth-order valence-corrected chi connectivity index (χ4v) is 2.37. The van der Waals surface area contributed by atoms with Gasteiger partial charge in [-0.05, 0) is 24.1 Å². The molecule has 0 fully saturated rings. The molecule has 0 aliphatic heterocycles. The molecule has 0 bridgehead atoms. The molecule has 0 aliphatic rings. The van der Waals surface area contributed by atoms with Gasteiger partial charge in [-0.25, -0.2) is 4.79 Å². The van der Waals surface area contributed by atoms with Crippen LogP contribution in [0.3, 0.4) is 0 Å². The van der Waals surface area contributed by atoms with E-state index in [9.17, 15) is 9.90 Å². The fraction of sp³-hybridized carbons (Fsp3) is 0.118. The lowest BCUT2D eigenvalue weighted by Crippen LogP contribution is -1.97. The van der Waals surface area contributed by atoms with Crippen molar-refractivity contribution < 1.29 is 14.3 Å². The summed E-state index contributed by atoms with van der Waals surface area (Å²) in [5, 5.41) is 10.2. The molecule has 0 unspecified atom stereocenters. The molecule has 3 heteroatoms. The number of carboxylic acid groups (broad SMARTS) is 1. The minimum atomic E-state index is -0.962. The van der Waals surface area contributed by atoms with Crippen molar-refractivity contribution in [3.8, 4) is 11.3 Å². The molecular weight excluding hydrogens is 252 g/mol. The van der Waals surface area contributed by atoms with Gasteiger partial charge in [-0.3, -0.25) is 0 Å². The van der Waals surface area contributed by atoms with Crippen LogP contribution in [0.5, 0.6) is 0 Å². The van der Waals surface area contributed by atoms with Gasteiger partial charge in [0.2, 0.25) is 0 Å². The van der Waals surface area contributed by atoms with E-state index in [-0.39, 0.29) is 5.56 Å². The average Bonchev–Trinajstić information content (AvgIpc) is 2.86. The Kier molecular flexibility index (Phi) is 3.03.